The molecule has 1 atom stereocenters. The van der Waals surface area contributed by atoms with Gasteiger partial charge in [-0.25, -0.2) is 4.98 Å². The van der Waals surface area contributed by atoms with Gasteiger partial charge in [-0.15, -0.1) is 0 Å². The van der Waals surface area contributed by atoms with Gasteiger partial charge in [-0.2, -0.15) is 5.10 Å². The smallest absolute Gasteiger partial charge is 0.249 e. The molecule has 0 radical (unpaired) electrons. The van der Waals surface area contributed by atoms with Gasteiger partial charge in [0.15, 0.2) is 5.82 Å². The first-order chi connectivity index (χ1) is 18.0. The molecule has 1 aliphatic carbocycles. The van der Waals surface area contributed by atoms with Crippen molar-refractivity contribution in [3.8, 4) is 11.1 Å². The average Bonchev–Trinajstić information content (AvgIpc) is 3.68. The molecule has 2 amide bonds. The van der Waals surface area contributed by atoms with Crippen LogP contribution in [0.15, 0.2) is 60.8 Å². The molecule has 37 heavy (non-hydrogen) atoms. The van der Waals surface area contributed by atoms with Crippen LogP contribution in [0.25, 0.3) is 11.1 Å². The van der Waals surface area contributed by atoms with E-state index in [1.165, 1.54) is 32.1 Å². The molecule has 1 aliphatic heterocycles. The molecule has 192 valence electrons. The number of benzene rings is 1. The summed E-state index contributed by atoms with van der Waals surface area (Å²) in [7, 11) is 0. The van der Waals surface area contributed by atoms with Gasteiger partial charge in [-0.1, -0.05) is 36.8 Å². The summed E-state index contributed by atoms with van der Waals surface area (Å²) in [5.74, 6) is 1.00. The van der Waals surface area contributed by atoms with Crippen molar-refractivity contribution >= 4 is 23.5 Å². The summed E-state index contributed by atoms with van der Waals surface area (Å²) in [6.45, 7) is 4.89. The SMILES string of the molecule is CC(C(=O)Nc1cc(C2CC2)[nH]n1)c1cccc(-c2ccc(NC(=O)/C=C/CN3CCCCC3)nc2)c1. The molecule has 3 aromatic rings. The number of rotatable bonds is 9. The van der Waals surface area contributed by atoms with Crippen molar-refractivity contribution < 1.29 is 9.59 Å². The predicted molar refractivity (Wildman–Crippen MR) is 145 cm³/mol. The molecule has 2 aliphatic rings. The highest BCUT2D eigenvalue weighted by molar-refractivity contribution is 5.98. The van der Waals surface area contributed by atoms with Crippen LogP contribution in [0, 0.1) is 0 Å². The molecule has 1 saturated carbocycles. The van der Waals surface area contributed by atoms with E-state index < -0.39 is 0 Å². The van der Waals surface area contributed by atoms with Gasteiger partial charge in [-0.05, 0) is 69.0 Å². The second-order valence-corrected chi connectivity index (χ2v) is 10.0. The number of amides is 2. The Hall–Kier alpha value is -3.78. The number of nitrogens with one attached hydrogen (secondary N) is 3. The van der Waals surface area contributed by atoms with Crippen LogP contribution in [0.2, 0.25) is 0 Å². The first-order valence-electron chi connectivity index (χ1n) is 13.2. The zero-order valence-electron chi connectivity index (χ0n) is 21.2. The maximum absolute atomic E-state index is 12.8. The number of H-pyrrole nitrogens is 1. The first kappa shape index (κ1) is 24.9. The Labute approximate surface area is 217 Å². The van der Waals surface area contributed by atoms with Crippen LogP contribution in [-0.2, 0) is 9.59 Å². The van der Waals surface area contributed by atoms with Crippen LogP contribution in [0.5, 0.6) is 0 Å². The molecule has 0 spiro atoms. The zero-order chi connectivity index (χ0) is 25.6. The molecule has 8 heteroatoms. The van der Waals surface area contributed by atoms with E-state index in [0.717, 1.165) is 42.0 Å². The topological polar surface area (TPSA) is 103 Å². The molecule has 3 N–H and O–H groups in total. The van der Waals surface area contributed by atoms with Gasteiger partial charge in [0.1, 0.15) is 5.82 Å². The Morgan fingerprint density at radius 1 is 1.05 bits per heavy atom. The van der Waals surface area contributed by atoms with Crippen molar-refractivity contribution in [3.05, 3.63) is 72.1 Å². The molecule has 1 unspecified atom stereocenters. The third kappa shape index (κ3) is 6.71. The lowest BCUT2D eigenvalue weighted by atomic mass is 9.96. The number of piperidine rings is 1. The van der Waals surface area contributed by atoms with Gasteiger partial charge < -0.3 is 10.6 Å². The van der Waals surface area contributed by atoms with E-state index in [1.807, 2.05) is 49.4 Å². The summed E-state index contributed by atoms with van der Waals surface area (Å²) in [5.41, 5.74) is 3.86. The summed E-state index contributed by atoms with van der Waals surface area (Å²) in [6, 6.07) is 13.5. The monoisotopic (exact) mass is 498 g/mol. The highest BCUT2D eigenvalue weighted by Gasteiger charge is 2.26. The number of hydrogen-bond acceptors (Lipinski definition) is 5. The number of pyridine rings is 1. The summed E-state index contributed by atoms with van der Waals surface area (Å²) < 4.78 is 0. The second-order valence-electron chi connectivity index (χ2n) is 10.0. The Kier molecular flexibility index (Phi) is 7.75. The molecule has 5 rings (SSSR count). The molecule has 0 bridgehead atoms. The minimum atomic E-state index is -0.343. The maximum Gasteiger partial charge on any atom is 0.249 e. The standard InChI is InChI=1S/C29H34N6O2/c1-20(29(37)32-27-18-25(33-34-27)21-10-11-21)22-7-5-8-23(17-22)24-12-13-26(30-19-24)31-28(36)9-6-16-35-14-3-2-4-15-35/h5-9,12-13,17-21H,2-4,10-11,14-16H2,1H3,(H,30,31,36)(H2,32,33,34,37)/b9-6+. The highest BCUT2D eigenvalue weighted by atomic mass is 16.2. The third-order valence-electron chi connectivity index (χ3n) is 7.08. The Morgan fingerprint density at radius 3 is 2.65 bits per heavy atom. The molecule has 8 nitrogen and oxygen atoms in total. The van der Waals surface area contributed by atoms with Gasteiger partial charge in [0.2, 0.25) is 11.8 Å². The van der Waals surface area contributed by atoms with Crippen molar-refractivity contribution in [1.82, 2.24) is 20.1 Å². The Morgan fingerprint density at radius 2 is 1.89 bits per heavy atom. The zero-order valence-corrected chi connectivity index (χ0v) is 21.2. The third-order valence-corrected chi connectivity index (χ3v) is 7.08. The minimum absolute atomic E-state index is 0.101. The van der Waals surface area contributed by atoms with Crippen LogP contribution in [0.3, 0.4) is 0 Å². The molecule has 1 saturated heterocycles. The second kappa shape index (κ2) is 11.5. The van der Waals surface area contributed by atoms with Crippen molar-refractivity contribution in [2.75, 3.05) is 30.3 Å². The molecular weight excluding hydrogens is 464 g/mol. The predicted octanol–water partition coefficient (Wildman–Crippen LogP) is 5.07. The van der Waals surface area contributed by atoms with E-state index in [-0.39, 0.29) is 17.7 Å². The Bertz CT molecular complexity index is 1260. The van der Waals surface area contributed by atoms with E-state index in [4.69, 9.17) is 0 Å². The molecular formula is C29H34N6O2. The summed E-state index contributed by atoms with van der Waals surface area (Å²) in [6.07, 6.45) is 11.3. The van der Waals surface area contributed by atoms with Crippen molar-refractivity contribution in [2.24, 2.45) is 0 Å². The van der Waals surface area contributed by atoms with Crippen molar-refractivity contribution in [1.29, 1.82) is 0 Å². The van der Waals surface area contributed by atoms with Crippen LogP contribution in [0.4, 0.5) is 11.6 Å². The highest BCUT2D eigenvalue weighted by Crippen LogP contribution is 2.39. The number of carbonyl (C=O) groups excluding carboxylic acids is 2. The van der Waals surface area contributed by atoms with E-state index >= 15 is 0 Å². The van der Waals surface area contributed by atoms with E-state index in [9.17, 15) is 9.59 Å². The summed E-state index contributed by atoms with van der Waals surface area (Å²) in [4.78, 5) is 31.9. The largest absolute Gasteiger partial charge is 0.309 e. The number of aromatic nitrogens is 3. The average molecular weight is 499 g/mol. The number of nitrogens with zero attached hydrogens (tertiary/aromatic N) is 3. The Balaban J connectivity index is 1.16. The quantitative estimate of drug-likeness (QED) is 0.357. The maximum atomic E-state index is 12.8. The molecule has 2 aromatic heterocycles. The molecule has 3 heterocycles. The van der Waals surface area contributed by atoms with Gasteiger partial charge in [-0.3, -0.25) is 19.6 Å². The van der Waals surface area contributed by atoms with Crippen LogP contribution < -0.4 is 10.6 Å². The minimum Gasteiger partial charge on any atom is -0.309 e. The van der Waals surface area contributed by atoms with Crippen molar-refractivity contribution in [2.45, 2.75) is 50.9 Å². The van der Waals surface area contributed by atoms with Gasteiger partial charge in [0.25, 0.3) is 0 Å². The number of anilines is 2. The van der Waals surface area contributed by atoms with E-state index in [0.29, 0.717) is 17.6 Å². The lowest BCUT2D eigenvalue weighted by Crippen LogP contribution is -2.29. The lowest BCUT2D eigenvalue weighted by Gasteiger charge is -2.24. The normalized spacial score (nSPS) is 17.0. The fourth-order valence-electron chi connectivity index (χ4n) is 4.63. The van der Waals surface area contributed by atoms with Gasteiger partial charge in [0, 0.05) is 42.1 Å². The van der Waals surface area contributed by atoms with Crippen LogP contribution in [0.1, 0.15) is 62.1 Å². The number of carbonyl (C=O) groups is 2. The number of hydrogen-bond donors (Lipinski definition) is 3. The van der Waals surface area contributed by atoms with Crippen LogP contribution >= 0.6 is 0 Å². The number of likely N-dealkylation sites (tertiary alicyclic amines) is 1. The molecule has 1 aromatic carbocycles. The molecule has 2 fully saturated rings. The fourth-order valence-corrected chi connectivity index (χ4v) is 4.63. The van der Waals surface area contributed by atoms with Gasteiger partial charge >= 0.3 is 0 Å². The van der Waals surface area contributed by atoms with E-state index in [1.54, 1.807) is 18.3 Å². The summed E-state index contributed by atoms with van der Waals surface area (Å²) >= 11 is 0. The van der Waals surface area contributed by atoms with Crippen molar-refractivity contribution in [3.63, 3.8) is 0 Å². The summed E-state index contributed by atoms with van der Waals surface area (Å²) in [5, 5.41) is 13.0. The first-order valence-corrected chi connectivity index (χ1v) is 13.2. The van der Waals surface area contributed by atoms with E-state index in [2.05, 4.69) is 30.7 Å². The van der Waals surface area contributed by atoms with Gasteiger partial charge in [0.05, 0.1) is 5.92 Å². The van der Waals surface area contributed by atoms with Crippen LogP contribution in [-0.4, -0.2) is 51.5 Å². The fraction of sp³-hybridized carbons (Fsp3) is 0.379. The number of aromatic amines is 1. The lowest BCUT2D eigenvalue weighted by molar-refractivity contribution is -0.117.